The van der Waals surface area contributed by atoms with Gasteiger partial charge in [0.15, 0.2) is 5.65 Å². The molecule has 0 fully saturated rings. The van der Waals surface area contributed by atoms with E-state index in [2.05, 4.69) is 19.9 Å². The molecule has 7 heteroatoms. The van der Waals surface area contributed by atoms with Crippen molar-refractivity contribution >= 4 is 28.7 Å². The van der Waals surface area contributed by atoms with Gasteiger partial charge in [-0.15, -0.1) is 0 Å². The molecule has 0 aliphatic rings. The molecule has 2 heterocycles. The average Bonchev–Trinajstić information content (AvgIpc) is 2.86. The molecular formula is C12H10ClN5O. The van der Waals surface area contributed by atoms with Crippen LogP contribution in [-0.4, -0.2) is 27.0 Å². The van der Waals surface area contributed by atoms with Crippen LogP contribution in [0.15, 0.2) is 24.5 Å². The number of nitrogens with two attached hydrogens (primary N) is 1. The molecule has 0 saturated heterocycles. The fourth-order valence-corrected chi connectivity index (χ4v) is 2.06. The molecule has 0 saturated carbocycles. The van der Waals surface area contributed by atoms with Gasteiger partial charge in [-0.25, -0.2) is 9.97 Å². The second-order valence-corrected chi connectivity index (χ2v) is 4.29. The summed E-state index contributed by atoms with van der Waals surface area (Å²) >= 11 is 6.01. The highest BCUT2D eigenvalue weighted by Crippen LogP contribution is 2.31. The van der Waals surface area contributed by atoms with Crippen molar-refractivity contribution in [2.24, 2.45) is 0 Å². The summed E-state index contributed by atoms with van der Waals surface area (Å²) in [6.07, 6.45) is 1.55. The Hall–Kier alpha value is -2.34. The predicted octanol–water partition coefficient (Wildman–Crippen LogP) is 2.26. The highest BCUT2D eigenvalue weighted by molar-refractivity contribution is 6.32. The zero-order valence-electron chi connectivity index (χ0n) is 10.0. The van der Waals surface area contributed by atoms with Crippen molar-refractivity contribution in [3.63, 3.8) is 0 Å². The second kappa shape index (κ2) is 4.40. The number of nitrogen functional groups attached to an aromatic ring is 1. The van der Waals surface area contributed by atoms with E-state index < -0.39 is 0 Å². The number of rotatable bonds is 2. The number of imidazole rings is 1. The minimum Gasteiger partial charge on any atom is -0.495 e. The molecule has 0 aliphatic carbocycles. The summed E-state index contributed by atoms with van der Waals surface area (Å²) in [5, 5.41) is 0.536. The van der Waals surface area contributed by atoms with E-state index in [-0.39, 0.29) is 5.95 Å². The van der Waals surface area contributed by atoms with Gasteiger partial charge in [-0.1, -0.05) is 17.7 Å². The summed E-state index contributed by atoms with van der Waals surface area (Å²) in [5.74, 6) is 0.743. The van der Waals surface area contributed by atoms with Crippen molar-refractivity contribution < 1.29 is 4.74 Å². The van der Waals surface area contributed by atoms with Gasteiger partial charge in [0.2, 0.25) is 5.95 Å². The number of H-pyrrole nitrogens is 1. The lowest BCUT2D eigenvalue weighted by Crippen LogP contribution is -1.98. The molecule has 3 aromatic rings. The number of benzene rings is 1. The van der Waals surface area contributed by atoms with Gasteiger partial charge in [0.25, 0.3) is 0 Å². The van der Waals surface area contributed by atoms with Crippen molar-refractivity contribution in [1.82, 2.24) is 19.9 Å². The molecule has 0 bridgehead atoms. The van der Waals surface area contributed by atoms with E-state index in [1.165, 1.54) is 0 Å². The van der Waals surface area contributed by atoms with Crippen LogP contribution in [0.2, 0.25) is 5.02 Å². The first-order chi connectivity index (χ1) is 9.19. The number of ether oxygens (including phenoxy) is 1. The van der Waals surface area contributed by atoms with Crippen LogP contribution in [0, 0.1) is 0 Å². The van der Waals surface area contributed by atoms with Crippen LogP contribution in [0.4, 0.5) is 5.95 Å². The minimum absolute atomic E-state index is 0.170. The van der Waals surface area contributed by atoms with Crippen molar-refractivity contribution in [3.05, 3.63) is 29.5 Å². The number of aromatic amines is 1. The molecule has 0 unspecified atom stereocenters. The Morgan fingerprint density at radius 2 is 2.16 bits per heavy atom. The smallest absolute Gasteiger partial charge is 0.222 e. The van der Waals surface area contributed by atoms with E-state index in [0.29, 0.717) is 22.1 Å². The molecule has 6 nitrogen and oxygen atoms in total. The number of nitrogens with zero attached hydrogens (tertiary/aromatic N) is 3. The van der Waals surface area contributed by atoms with E-state index >= 15 is 0 Å². The molecule has 0 amide bonds. The highest BCUT2D eigenvalue weighted by Gasteiger charge is 2.12. The third-order valence-corrected chi connectivity index (χ3v) is 3.04. The minimum atomic E-state index is 0.170. The van der Waals surface area contributed by atoms with Crippen molar-refractivity contribution in [2.45, 2.75) is 0 Å². The molecule has 0 spiro atoms. The van der Waals surface area contributed by atoms with Crippen LogP contribution in [0.1, 0.15) is 0 Å². The quantitative estimate of drug-likeness (QED) is 0.749. The highest BCUT2D eigenvalue weighted by atomic mass is 35.5. The van der Waals surface area contributed by atoms with Crippen molar-refractivity contribution in [3.8, 4) is 17.0 Å². The third kappa shape index (κ3) is 1.96. The lowest BCUT2D eigenvalue weighted by Gasteiger charge is -2.07. The summed E-state index contributed by atoms with van der Waals surface area (Å²) in [6.45, 7) is 0. The molecule has 2 aromatic heterocycles. The molecule has 1 aromatic carbocycles. The summed E-state index contributed by atoms with van der Waals surface area (Å²) < 4.78 is 5.20. The van der Waals surface area contributed by atoms with Crippen LogP contribution >= 0.6 is 11.6 Å². The largest absolute Gasteiger partial charge is 0.495 e. The van der Waals surface area contributed by atoms with Gasteiger partial charge >= 0.3 is 0 Å². The molecule has 0 radical (unpaired) electrons. The first kappa shape index (κ1) is 11.7. The lowest BCUT2D eigenvalue weighted by molar-refractivity contribution is 0.415. The van der Waals surface area contributed by atoms with Crippen LogP contribution in [0.25, 0.3) is 22.4 Å². The number of nitrogens with one attached hydrogen (secondary N) is 1. The van der Waals surface area contributed by atoms with Gasteiger partial charge in [-0.3, -0.25) is 0 Å². The molecule has 96 valence electrons. The predicted molar refractivity (Wildman–Crippen MR) is 73.1 cm³/mol. The third-order valence-electron chi connectivity index (χ3n) is 2.73. The van der Waals surface area contributed by atoms with Crippen LogP contribution in [-0.2, 0) is 0 Å². The zero-order valence-corrected chi connectivity index (χ0v) is 10.8. The number of anilines is 1. The average molecular weight is 276 g/mol. The Morgan fingerprint density at radius 3 is 2.95 bits per heavy atom. The number of methoxy groups -OCH3 is 1. The van der Waals surface area contributed by atoms with Gasteiger partial charge in [-0.2, -0.15) is 4.98 Å². The second-order valence-electron chi connectivity index (χ2n) is 3.88. The normalized spacial score (nSPS) is 10.8. The van der Waals surface area contributed by atoms with Gasteiger partial charge in [-0.05, 0) is 12.1 Å². The Bertz CT molecular complexity index is 755. The van der Waals surface area contributed by atoms with E-state index in [4.69, 9.17) is 22.1 Å². The fraction of sp³-hybridized carbons (Fsp3) is 0.0833. The number of hydrogen-bond donors (Lipinski definition) is 2. The number of fused-ring (bicyclic) bond motifs is 1. The molecule has 19 heavy (non-hydrogen) atoms. The van der Waals surface area contributed by atoms with Gasteiger partial charge in [0.1, 0.15) is 17.0 Å². The summed E-state index contributed by atoms with van der Waals surface area (Å²) in [5.41, 5.74) is 8.42. The maximum absolute atomic E-state index is 6.01. The molecule has 0 aliphatic heterocycles. The first-order valence-corrected chi connectivity index (χ1v) is 5.87. The maximum atomic E-state index is 6.01. The molecular weight excluding hydrogens is 266 g/mol. The van der Waals surface area contributed by atoms with Crippen LogP contribution in [0.5, 0.6) is 5.75 Å². The number of hydrogen-bond acceptors (Lipinski definition) is 5. The first-order valence-electron chi connectivity index (χ1n) is 5.49. The summed E-state index contributed by atoms with van der Waals surface area (Å²) in [4.78, 5) is 15.4. The van der Waals surface area contributed by atoms with E-state index in [0.717, 1.165) is 11.1 Å². The summed E-state index contributed by atoms with van der Waals surface area (Å²) in [6, 6.07) is 5.38. The van der Waals surface area contributed by atoms with E-state index in [1.54, 1.807) is 25.6 Å². The van der Waals surface area contributed by atoms with Crippen molar-refractivity contribution in [1.29, 1.82) is 0 Å². The molecule has 3 N–H and O–H groups in total. The zero-order chi connectivity index (χ0) is 13.4. The fourth-order valence-electron chi connectivity index (χ4n) is 1.87. The van der Waals surface area contributed by atoms with Gasteiger partial charge in [0, 0.05) is 5.56 Å². The Morgan fingerprint density at radius 1 is 1.32 bits per heavy atom. The Labute approximate surface area is 113 Å². The lowest BCUT2D eigenvalue weighted by atomic mass is 10.1. The van der Waals surface area contributed by atoms with Crippen LogP contribution < -0.4 is 10.5 Å². The maximum Gasteiger partial charge on any atom is 0.222 e. The van der Waals surface area contributed by atoms with E-state index in [9.17, 15) is 0 Å². The van der Waals surface area contributed by atoms with Crippen molar-refractivity contribution in [2.75, 3.05) is 12.8 Å². The van der Waals surface area contributed by atoms with E-state index in [1.807, 2.05) is 6.07 Å². The Kier molecular flexibility index (Phi) is 2.72. The van der Waals surface area contributed by atoms with Gasteiger partial charge < -0.3 is 15.5 Å². The van der Waals surface area contributed by atoms with Crippen LogP contribution in [0.3, 0.4) is 0 Å². The monoisotopic (exact) mass is 275 g/mol. The molecule has 0 atom stereocenters. The Balaban J connectivity index is 2.26. The summed E-state index contributed by atoms with van der Waals surface area (Å²) in [7, 11) is 1.56. The molecule has 3 rings (SSSR count). The SMILES string of the molecule is COc1cc(-c2nc(N)nc3nc[nH]c23)ccc1Cl. The standard InChI is InChI=1S/C12H10ClN5O/c1-19-8-4-6(2-3-7(8)13)9-10-11(16-5-15-10)18-12(14)17-9/h2-5H,1H3,(H3,14,15,16,17,18). The topological polar surface area (TPSA) is 89.7 Å². The number of aromatic nitrogens is 4. The number of halogens is 1. The van der Waals surface area contributed by atoms with Gasteiger partial charge in [0.05, 0.1) is 18.5 Å².